The van der Waals surface area contributed by atoms with E-state index < -0.39 is 0 Å². The fourth-order valence-electron chi connectivity index (χ4n) is 1.12. The topological polar surface area (TPSA) is 59.2 Å². The van der Waals surface area contributed by atoms with Gasteiger partial charge in [0.1, 0.15) is 0 Å². The Hall–Kier alpha value is -1.58. The van der Waals surface area contributed by atoms with Crippen molar-refractivity contribution >= 4 is 11.8 Å². The Bertz CT molecular complexity index is 341. The largest absolute Gasteiger partial charge is 0.466 e. The van der Waals surface area contributed by atoms with E-state index in [2.05, 4.69) is 4.98 Å². The first kappa shape index (κ1) is 10.5. The lowest BCUT2D eigenvalue weighted by atomic mass is 10.3. The number of hydrogen-bond acceptors (Lipinski definition) is 3. The van der Waals surface area contributed by atoms with E-state index in [1.54, 1.807) is 19.1 Å². The van der Waals surface area contributed by atoms with Crippen molar-refractivity contribution in [2.45, 2.75) is 20.3 Å². The summed E-state index contributed by atoms with van der Waals surface area (Å²) in [7, 11) is 0. The fraction of sp³-hybridized carbons (Fsp3) is 0.400. The van der Waals surface area contributed by atoms with Crippen LogP contribution in [0.5, 0.6) is 0 Å². The summed E-state index contributed by atoms with van der Waals surface area (Å²) in [6.45, 7) is 3.60. The number of carbonyl (C=O) groups excluding carboxylic acids is 2. The number of aromatic amines is 1. The second-order valence-corrected chi connectivity index (χ2v) is 2.94. The van der Waals surface area contributed by atoms with Gasteiger partial charge in [-0.3, -0.25) is 9.59 Å². The molecular formula is C10H13NO3. The number of carbonyl (C=O) groups is 2. The predicted octanol–water partition coefficient (Wildman–Crippen LogP) is 1.32. The minimum atomic E-state index is -0.288. The standard InChI is InChI=1S/C10H13NO3/c1-3-14-10(13)6-8-4-5-9(11-8)7(2)12/h4-5,11H,3,6H2,1-2H3. The number of nitrogens with one attached hydrogen (secondary N) is 1. The van der Waals surface area contributed by atoms with Crippen LogP contribution >= 0.6 is 0 Å². The Balaban J connectivity index is 2.59. The average Bonchev–Trinajstić information content (AvgIpc) is 2.53. The average molecular weight is 195 g/mol. The highest BCUT2D eigenvalue weighted by atomic mass is 16.5. The van der Waals surface area contributed by atoms with E-state index in [-0.39, 0.29) is 18.2 Å². The minimum Gasteiger partial charge on any atom is -0.466 e. The second kappa shape index (κ2) is 4.60. The molecule has 76 valence electrons. The Morgan fingerprint density at radius 2 is 2.14 bits per heavy atom. The van der Waals surface area contributed by atoms with Crippen molar-refractivity contribution < 1.29 is 14.3 Å². The van der Waals surface area contributed by atoms with Crippen LogP contribution in [0.4, 0.5) is 0 Å². The molecule has 0 fully saturated rings. The molecule has 1 aromatic heterocycles. The van der Waals surface area contributed by atoms with Crippen molar-refractivity contribution in [2.24, 2.45) is 0 Å². The molecule has 14 heavy (non-hydrogen) atoms. The molecule has 0 atom stereocenters. The van der Waals surface area contributed by atoms with E-state index in [9.17, 15) is 9.59 Å². The number of ketones is 1. The molecule has 0 radical (unpaired) electrons. The van der Waals surface area contributed by atoms with Crippen molar-refractivity contribution in [3.05, 3.63) is 23.5 Å². The summed E-state index contributed by atoms with van der Waals surface area (Å²) < 4.78 is 4.77. The van der Waals surface area contributed by atoms with Gasteiger partial charge in [0, 0.05) is 12.6 Å². The maximum absolute atomic E-state index is 11.1. The van der Waals surface area contributed by atoms with Gasteiger partial charge in [0.2, 0.25) is 0 Å². The number of hydrogen-bond donors (Lipinski definition) is 1. The van der Waals surface area contributed by atoms with Gasteiger partial charge in [0.15, 0.2) is 5.78 Å². The molecule has 0 saturated carbocycles. The van der Waals surface area contributed by atoms with Gasteiger partial charge in [0.05, 0.1) is 18.7 Å². The van der Waals surface area contributed by atoms with Crippen LogP contribution in [0.15, 0.2) is 12.1 Å². The van der Waals surface area contributed by atoms with Gasteiger partial charge in [0.25, 0.3) is 0 Å². The number of H-pyrrole nitrogens is 1. The Labute approximate surface area is 82.3 Å². The van der Waals surface area contributed by atoms with Crippen molar-refractivity contribution in [3.8, 4) is 0 Å². The van der Waals surface area contributed by atoms with Crippen LogP contribution in [-0.2, 0) is 16.0 Å². The third-order valence-electron chi connectivity index (χ3n) is 1.77. The first-order valence-corrected chi connectivity index (χ1v) is 4.48. The Morgan fingerprint density at radius 3 is 2.64 bits per heavy atom. The monoisotopic (exact) mass is 195 g/mol. The quantitative estimate of drug-likeness (QED) is 0.582. The molecule has 0 aliphatic carbocycles. The van der Waals surface area contributed by atoms with Crippen molar-refractivity contribution in [2.75, 3.05) is 6.61 Å². The number of rotatable bonds is 4. The van der Waals surface area contributed by atoms with Gasteiger partial charge in [-0.05, 0) is 19.1 Å². The summed E-state index contributed by atoms with van der Waals surface area (Å²) >= 11 is 0. The van der Waals surface area contributed by atoms with Gasteiger partial charge in [-0.15, -0.1) is 0 Å². The van der Waals surface area contributed by atoms with E-state index in [0.717, 1.165) is 0 Å². The zero-order valence-electron chi connectivity index (χ0n) is 8.29. The third-order valence-corrected chi connectivity index (χ3v) is 1.77. The van der Waals surface area contributed by atoms with E-state index >= 15 is 0 Å². The number of Topliss-reactive ketones (excluding diaryl/α,β-unsaturated/α-hetero) is 1. The molecule has 0 amide bonds. The SMILES string of the molecule is CCOC(=O)Cc1ccc(C(C)=O)[nH]1. The first-order chi connectivity index (χ1) is 6.63. The van der Waals surface area contributed by atoms with Gasteiger partial charge >= 0.3 is 5.97 Å². The lowest BCUT2D eigenvalue weighted by Gasteiger charge is -1.98. The minimum absolute atomic E-state index is 0.0416. The molecular weight excluding hydrogens is 182 g/mol. The molecule has 4 nitrogen and oxygen atoms in total. The summed E-state index contributed by atoms with van der Waals surface area (Å²) in [4.78, 5) is 24.8. The second-order valence-electron chi connectivity index (χ2n) is 2.94. The number of aromatic nitrogens is 1. The Kier molecular flexibility index (Phi) is 3.45. The normalized spacial score (nSPS) is 9.86. The first-order valence-electron chi connectivity index (χ1n) is 4.48. The van der Waals surface area contributed by atoms with Crippen molar-refractivity contribution in [3.63, 3.8) is 0 Å². The lowest BCUT2D eigenvalue weighted by molar-refractivity contribution is -0.142. The van der Waals surface area contributed by atoms with Gasteiger partial charge in [-0.25, -0.2) is 0 Å². The van der Waals surface area contributed by atoms with E-state index in [1.807, 2.05) is 0 Å². The van der Waals surface area contributed by atoms with Crippen LogP contribution in [0.2, 0.25) is 0 Å². The molecule has 0 aliphatic heterocycles. The van der Waals surface area contributed by atoms with Crippen LogP contribution in [0.3, 0.4) is 0 Å². The van der Waals surface area contributed by atoms with Crippen LogP contribution in [0.25, 0.3) is 0 Å². The molecule has 0 aliphatic rings. The molecule has 1 N–H and O–H groups in total. The summed E-state index contributed by atoms with van der Waals surface area (Å²) in [6, 6.07) is 3.38. The number of ether oxygens (including phenoxy) is 1. The Morgan fingerprint density at radius 1 is 1.43 bits per heavy atom. The number of esters is 1. The van der Waals surface area contributed by atoms with Crippen LogP contribution < -0.4 is 0 Å². The maximum atomic E-state index is 11.1. The molecule has 1 heterocycles. The summed E-state index contributed by atoms with van der Waals surface area (Å²) in [5, 5.41) is 0. The fourth-order valence-corrected chi connectivity index (χ4v) is 1.12. The summed E-state index contributed by atoms with van der Waals surface area (Å²) in [5.74, 6) is -0.329. The van der Waals surface area contributed by atoms with Crippen LogP contribution in [0, 0.1) is 0 Å². The highest BCUT2D eigenvalue weighted by molar-refractivity contribution is 5.92. The van der Waals surface area contributed by atoms with Crippen LogP contribution in [-0.4, -0.2) is 23.3 Å². The van der Waals surface area contributed by atoms with Crippen molar-refractivity contribution in [1.29, 1.82) is 0 Å². The van der Waals surface area contributed by atoms with Gasteiger partial charge in [-0.1, -0.05) is 0 Å². The molecule has 0 aromatic carbocycles. The molecule has 1 aromatic rings. The third kappa shape index (κ3) is 2.73. The predicted molar refractivity (Wildman–Crippen MR) is 51.1 cm³/mol. The molecule has 1 rings (SSSR count). The smallest absolute Gasteiger partial charge is 0.311 e. The van der Waals surface area contributed by atoms with Gasteiger partial charge < -0.3 is 9.72 Å². The zero-order valence-corrected chi connectivity index (χ0v) is 8.29. The molecule has 4 heteroatoms. The van der Waals surface area contributed by atoms with Crippen molar-refractivity contribution in [1.82, 2.24) is 4.98 Å². The van der Waals surface area contributed by atoms with E-state index in [1.165, 1.54) is 6.92 Å². The van der Waals surface area contributed by atoms with Gasteiger partial charge in [-0.2, -0.15) is 0 Å². The lowest BCUT2D eigenvalue weighted by Crippen LogP contribution is -2.07. The highest BCUT2D eigenvalue weighted by Crippen LogP contribution is 2.04. The van der Waals surface area contributed by atoms with Crippen LogP contribution in [0.1, 0.15) is 30.0 Å². The molecule has 0 unspecified atom stereocenters. The van der Waals surface area contributed by atoms with E-state index in [0.29, 0.717) is 18.0 Å². The highest BCUT2D eigenvalue weighted by Gasteiger charge is 2.07. The van der Waals surface area contributed by atoms with E-state index in [4.69, 9.17) is 4.74 Å². The molecule has 0 saturated heterocycles. The summed E-state index contributed by atoms with van der Waals surface area (Å²) in [6.07, 6.45) is 0.182. The molecule has 0 spiro atoms. The summed E-state index contributed by atoms with van der Waals surface area (Å²) in [5.41, 5.74) is 1.22. The zero-order chi connectivity index (χ0) is 10.6. The molecule has 0 bridgehead atoms. The maximum Gasteiger partial charge on any atom is 0.311 e.